The summed E-state index contributed by atoms with van der Waals surface area (Å²) in [7, 11) is -3.80. The van der Waals surface area contributed by atoms with E-state index in [9.17, 15) is 26.8 Å². The van der Waals surface area contributed by atoms with Crippen LogP contribution in [0.4, 0.5) is 8.78 Å². The van der Waals surface area contributed by atoms with Gasteiger partial charge >= 0.3 is 0 Å². The van der Waals surface area contributed by atoms with Crippen LogP contribution in [-0.4, -0.2) is 61.7 Å². The minimum atomic E-state index is -3.80. The minimum Gasteiger partial charge on any atom is -0.340 e. The lowest BCUT2D eigenvalue weighted by Gasteiger charge is -2.36. The highest BCUT2D eigenvalue weighted by atomic mass is 32.2. The predicted octanol–water partition coefficient (Wildman–Crippen LogP) is 2.12. The number of amides is 2. The number of nitrogens with one attached hydrogen (secondary N) is 1. The molecule has 2 amide bonds. The lowest BCUT2D eigenvalue weighted by molar-refractivity contribution is -0.135. The van der Waals surface area contributed by atoms with Crippen molar-refractivity contribution < 1.29 is 26.8 Å². The second-order valence-electron chi connectivity index (χ2n) is 8.16. The van der Waals surface area contributed by atoms with E-state index in [2.05, 4.69) is 5.32 Å². The first-order chi connectivity index (χ1) is 16.1. The standard InChI is InChI=1S/C23H24F2N4O4S/c1-15(2)21(27-22(30)20-18(24)4-3-5-19(20)25)23(31)28-10-12-29(13-11-28)34(32,33)17-8-6-16(14-26)7-9-17/h3-9,15,21H,10-13H2,1-2H3,(H,27,30)/t21-/m0/s1. The maximum absolute atomic E-state index is 14.0. The lowest BCUT2D eigenvalue weighted by atomic mass is 10.0. The van der Waals surface area contributed by atoms with Crippen LogP contribution in [0.3, 0.4) is 0 Å². The zero-order valence-corrected chi connectivity index (χ0v) is 19.5. The van der Waals surface area contributed by atoms with Gasteiger partial charge in [0, 0.05) is 26.2 Å². The van der Waals surface area contributed by atoms with E-state index in [1.54, 1.807) is 13.8 Å². The first kappa shape index (κ1) is 25.3. The summed E-state index contributed by atoms with van der Waals surface area (Å²) in [5.41, 5.74) is -0.425. The molecule has 8 nitrogen and oxygen atoms in total. The largest absolute Gasteiger partial charge is 0.340 e. The van der Waals surface area contributed by atoms with Crippen molar-refractivity contribution in [1.29, 1.82) is 5.26 Å². The Morgan fingerprint density at radius 2 is 1.56 bits per heavy atom. The minimum absolute atomic E-state index is 0.0365. The van der Waals surface area contributed by atoms with Crippen molar-refractivity contribution in [3.05, 3.63) is 65.2 Å². The Balaban J connectivity index is 1.68. The van der Waals surface area contributed by atoms with Gasteiger partial charge in [0.1, 0.15) is 23.2 Å². The van der Waals surface area contributed by atoms with E-state index < -0.39 is 45.1 Å². The zero-order valence-electron chi connectivity index (χ0n) is 18.7. The first-order valence-electron chi connectivity index (χ1n) is 10.6. The van der Waals surface area contributed by atoms with Crippen LogP contribution in [0.2, 0.25) is 0 Å². The molecule has 0 radical (unpaired) electrons. The molecule has 1 fully saturated rings. The smallest absolute Gasteiger partial charge is 0.257 e. The van der Waals surface area contributed by atoms with Crippen molar-refractivity contribution >= 4 is 21.8 Å². The summed E-state index contributed by atoms with van der Waals surface area (Å²) in [4.78, 5) is 27.1. The summed E-state index contributed by atoms with van der Waals surface area (Å²) in [6.07, 6.45) is 0. The van der Waals surface area contributed by atoms with Crippen molar-refractivity contribution in [2.75, 3.05) is 26.2 Å². The number of benzene rings is 2. The Morgan fingerprint density at radius 3 is 2.06 bits per heavy atom. The fourth-order valence-electron chi connectivity index (χ4n) is 3.64. The average Bonchev–Trinajstić information content (AvgIpc) is 2.82. The number of hydrogen-bond acceptors (Lipinski definition) is 5. The van der Waals surface area contributed by atoms with Gasteiger partial charge in [-0.05, 0) is 42.3 Å². The van der Waals surface area contributed by atoms with Crippen LogP contribution in [0, 0.1) is 28.9 Å². The second-order valence-corrected chi connectivity index (χ2v) is 10.1. The molecular formula is C23H24F2N4O4S. The Kier molecular flexibility index (Phi) is 7.64. The molecule has 1 aliphatic heterocycles. The fourth-order valence-corrected chi connectivity index (χ4v) is 5.06. The van der Waals surface area contributed by atoms with E-state index in [-0.39, 0.29) is 37.0 Å². The number of nitriles is 1. The molecule has 0 saturated carbocycles. The van der Waals surface area contributed by atoms with Gasteiger partial charge in [-0.3, -0.25) is 9.59 Å². The topological polar surface area (TPSA) is 111 Å². The van der Waals surface area contributed by atoms with Gasteiger partial charge in [-0.15, -0.1) is 0 Å². The zero-order chi connectivity index (χ0) is 25.0. The SMILES string of the molecule is CC(C)[C@H](NC(=O)c1c(F)cccc1F)C(=O)N1CCN(S(=O)(=O)c2ccc(C#N)cc2)CC1. The summed E-state index contributed by atoms with van der Waals surface area (Å²) >= 11 is 0. The summed E-state index contributed by atoms with van der Waals surface area (Å²) in [6.45, 7) is 3.62. The quantitative estimate of drug-likeness (QED) is 0.667. The molecule has 34 heavy (non-hydrogen) atoms. The van der Waals surface area contributed by atoms with Crippen molar-refractivity contribution in [3.63, 3.8) is 0 Å². The first-order valence-corrected chi connectivity index (χ1v) is 12.0. The molecule has 3 rings (SSSR count). The third-order valence-corrected chi connectivity index (χ3v) is 7.49. The monoisotopic (exact) mass is 490 g/mol. The van der Waals surface area contributed by atoms with Crippen LogP contribution in [0.15, 0.2) is 47.4 Å². The van der Waals surface area contributed by atoms with Crippen molar-refractivity contribution in [3.8, 4) is 6.07 Å². The Labute approximate surface area is 196 Å². The summed E-state index contributed by atoms with van der Waals surface area (Å²) in [6, 6.07) is 9.48. The molecule has 1 N–H and O–H groups in total. The summed E-state index contributed by atoms with van der Waals surface area (Å²) < 4.78 is 55.0. The lowest BCUT2D eigenvalue weighted by Crippen LogP contribution is -2.57. The van der Waals surface area contributed by atoms with Gasteiger partial charge in [0.2, 0.25) is 15.9 Å². The fraction of sp³-hybridized carbons (Fsp3) is 0.348. The normalized spacial score (nSPS) is 15.6. The predicted molar refractivity (Wildman–Crippen MR) is 119 cm³/mol. The number of carbonyl (C=O) groups is 2. The molecule has 11 heteroatoms. The van der Waals surface area contributed by atoms with Gasteiger partial charge in [0.05, 0.1) is 16.5 Å². The van der Waals surface area contributed by atoms with E-state index in [1.807, 2.05) is 6.07 Å². The molecule has 2 aromatic rings. The number of halogens is 2. The maximum atomic E-state index is 14.0. The molecule has 1 saturated heterocycles. The molecule has 2 aromatic carbocycles. The van der Waals surface area contributed by atoms with Crippen LogP contribution in [0.5, 0.6) is 0 Å². The van der Waals surface area contributed by atoms with Crippen LogP contribution >= 0.6 is 0 Å². The van der Waals surface area contributed by atoms with Gasteiger partial charge in [-0.25, -0.2) is 17.2 Å². The van der Waals surface area contributed by atoms with Crippen molar-refractivity contribution in [2.45, 2.75) is 24.8 Å². The van der Waals surface area contributed by atoms with E-state index in [0.29, 0.717) is 5.56 Å². The number of piperazine rings is 1. The highest BCUT2D eigenvalue weighted by Gasteiger charge is 2.35. The number of nitrogens with zero attached hydrogens (tertiary/aromatic N) is 3. The van der Waals surface area contributed by atoms with Crippen molar-refractivity contribution in [2.24, 2.45) is 5.92 Å². The maximum Gasteiger partial charge on any atom is 0.257 e. The van der Waals surface area contributed by atoms with E-state index >= 15 is 0 Å². The van der Waals surface area contributed by atoms with E-state index in [1.165, 1.54) is 33.5 Å². The van der Waals surface area contributed by atoms with E-state index in [4.69, 9.17) is 5.26 Å². The van der Waals surface area contributed by atoms with E-state index in [0.717, 1.165) is 18.2 Å². The number of hydrogen-bond donors (Lipinski definition) is 1. The van der Waals surface area contributed by atoms with Crippen LogP contribution in [-0.2, 0) is 14.8 Å². The van der Waals surface area contributed by atoms with Gasteiger partial charge in [0.25, 0.3) is 5.91 Å². The average molecular weight is 491 g/mol. The van der Waals surface area contributed by atoms with Gasteiger partial charge in [-0.2, -0.15) is 9.57 Å². The van der Waals surface area contributed by atoms with Gasteiger partial charge in [0.15, 0.2) is 0 Å². The molecule has 1 atom stereocenters. The molecule has 0 aliphatic carbocycles. The third kappa shape index (κ3) is 5.24. The molecule has 1 heterocycles. The number of sulfonamides is 1. The number of carbonyl (C=O) groups excluding carboxylic acids is 2. The third-order valence-electron chi connectivity index (χ3n) is 5.58. The molecule has 0 aromatic heterocycles. The highest BCUT2D eigenvalue weighted by molar-refractivity contribution is 7.89. The molecule has 0 bridgehead atoms. The molecule has 180 valence electrons. The van der Waals surface area contributed by atoms with Crippen LogP contribution < -0.4 is 5.32 Å². The Morgan fingerprint density at radius 1 is 1.00 bits per heavy atom. The number of rotatable bonds is 6. The highest BCUT2D eigenvalue weighted by Crippen LogP contribution is 2.20. The molecule has 0 unspecified atom stereocenters. The van der Waals surface area contributed by atoms with Gasteiger partial charge < -0.3 is 10.2 Å². The Hall–Kier alpha value is -3.36. The van der Waals surface area contributed by atoms with Crippen molar-refractivity contribution in [1.82, 2.24) is 14.5 Å². The molecular weight excluding hydrogens is 466 g/mol. The summed E-state index contributed by atoms with van der Waals surface area (Å²) in [5, 5.41) is 11.3. The molecule has 1 aliphatic rings. The van der Waals surface area contributed by atoms with Gasteiger partial charge in [-0.1, -0.05) is 19.9 Å². The second kappa shape index (κ2) is 10.3. The Bertz CT molecular complexity index is 1200. The van der Waals surface area contributed by atoms with Crippen LogP contribution in [0.25, 0.3) is 0 Å². The summed E-state index contributed by atoms with van der Waals surface area (Å²) in [5.74, 6) is -3.95. The van der Waals surface area contributed by atoms with Crippen LogP contribution in [0.1, 0.15) is 29.8 Å². The molecule has 0 spiro atoms.